The summed E-state index contributed by atoms with van der Waals surface area (Å²) in [5.74, 6) is -0.214. The number of carbonyl (C=O) groups is 1. The summed E-state index contributed by atoms with van der Waals surface area (Å²) in [6, 6.07) is 7.69. The number of carbonyl (C=O) groups excluding carboxylic acids is 1. The van der Waals surface area contributed by atoms with E-state index in [1.54, 1.807) is 0 Å². The maximum absolute atomic E-state index is 12.3. The molecule has 1 unspecified atom stereocenters. The Labute approximate surface area is 128 Å². The average molecular weight is 338 g/mol. The highest BCUT2D eigenvalue weighted by Gasteiger charge is 2.26. The van der Waals surface area contributed by atoms with E-state index in [-0.39, 0.29) is 12.0 Å². The summed E-state index contributed by atoms with van der Waals surface area (Å²) in [7, 11) is 0. The second-order valence-electron chi connectivity index (χ2n) is 6.00. The predicted octanol–water partition coefficient (Wildman–Crippen LogP) is 4.61. The van der Waals surface area contributed by atoms with Crippen LogP contribution in [0.2, 0.25) is 0 Å². The lowest BCUT2D eigenvalue weighted by Gasteiger charge is -2.24. The van der Waals surface area contributed by atoms with Gasteiger partial charge in [0.2, 0.25) is 0 Å². The van der Waals surface area contributed by atoms with Crippen molar-refractivity contribution in [2.24, 2.45) is 0 Å². The average Bonchev–Trinajstić information content (AvgIpc) is 2.60. The number of halogens is 1. The smallest absolute Gasteiger partial charge is 0.329 e. The quantitative estimate of drug-likeness (QED) is 0.749. The van der Waals surface area contributed by atoms with Crippen LogP contribution < -0.4 is 0 Å². The molecule has 0 spiro atoms. The van der Waals surface area contributed by atoms with Crippen LogP contribution in [0.5, 0.6) is 0 Å². The lowest BCUT2D eigenvalue weighted by molar-refractivity contribution is -0.158. The van der Waals surface area contributed by atoms with E-state index in [9.17, 15) is 4.79 Å². The van der Waals surface area contributed by atoms with Gasteiger partial charge in [-0.25, -0.2) is 4.79 Å². The third-order valence-electron chi connectivity index (χ3n) is 3.21. The van der Waals surface area contributed by atoms with E-state index < -0.39 is 5.60 Å². The van der Waals surface area contributed by atoms with Gasteiger partial charge in [-0.1, -0.05) is 18.2 Å². The number of nitrogens with zero attached hydrogens (tertiary/aromatic N) is 1. The molecule has 0 saturated carbocycles. The van der Waals surface area contributed by atoms with Crippen molar-refractivity contribution in [2.75, 3.05) is 0 Å². The first-order chi connectivity index (χ1) is 9.22. The number of rotatable bonds is 2. The van der Waals surface area contributed by atoms with E-state index >= 15 is 0 Å². The molecule has 108 valence electrons. The first kappa shape index (κ1) is 15.1. The van der Waals surface area contributed by atoms with E-state index in [1.807, 2.05) is 63.5 Å². The molecule has 0 saturated heterocycles. The van der Waals surface area contributed by atoms with Crippen LogP contribution in [-0.4, -0.2) is 16.1 Å². The zero-order valence-corrected chi connectivity index (χ0v) is 14.1. The van der Waals surface area contributed by atoms with Gasteiger partial charge in [0, 0.05) is 15.6 Å². The maximum atomic E-state index is 12.3. The fourth-order valence-electron chi connectivity index (χ4n) is 2.34. The molecule has 0 fully saturated rings. The Bertz CT molecular complexity index is 652. The Balaban J connectivity index is 2.47. The van der Waals surface area contributed by atoms with Gasteiger partial charge in [-0.3, -0.25) is 0 Å². The summed E-state index contributed by atoms with van der Waals surface area (Å²) in [5.41, 5.74) is 1.60. The van der Waals surface area contributed by atoms with Crippen molar-refractivity contribution in [1.29, 1.82) is 0 Å². The molecule has 0 bridgehead atoms. The van der Waals surface area contributed by atoms with Gasteiger partial charge in [0.1, 0.15) is 11.6 Å². The lowest BCUT2D eigenvalue weighted by Crippen LogP contribution is -2.29. The van der Waals surface area contributed by atoms with Crippen molar-refractivity contribution in [3.05, 3.63) is 34.4 Å². The number of benzene rings is 1. The van der Waals surface area contributed by atoms with Gasteiger partial charge < -0.3 is 9.30 Å². The second kappa shape index (κ2) is 5.24. The minimum Gasteiger partial charge on any atom is -0.458 e. The number of aromatic nitrogens is 1. The molecule has 0 amide bonds. The summed E-state index contributed by atoms with van der Waals surface area (Å²) < 4.78 is 8.54. The van der Waals surface area contributed by atoms with Gasteiger partial charge in [0.05, 0.1) is 5.52 Å². The molecule has 2 aromatic rings. The summed E-state index contributed by atoms with van der Waals surface area (Å²) in [6.45, 7) is 9.53. The van der Waals surface area contributed by atoms with Gasteiger partial charge in [0.25, 0.3) is 0 Å². The van der Waals surface area contributed by atoms with Crippen LogP contribution in [0.25, 0.3) is 10.9 Å². The highest BCUT2D eigenvalue weighted by Crippen LogP contribution is 2.33. The van der Waals surface area contributed by atoms with Crippen LogP contribution in [0.1, 0.15) is 39.4 Å². The zero-order valence-electron chi connectivity index (χ0n) is 12.5. The molecule has 3 nitrogen and oxygen atoms in total. The number of para-hydroxylation sites is 1. The van der Waals surface area contributed by atoms with E-state index in [4.69, 9.17) is 4.74 Å². The molecule has 0 aliphatic carbocycles. The van der Waals surface area contributed by atoms with E-state index in [1.165, 1.54) is 0 Å². The molecular weight excluding hydrogens is 318 g/mol. The topological polar surface area (TPSA) is 31.2 Å². The van der Waals surface area contributed by atoms with Crippen LogP contribution in [0.4, 0.5) is 0 Å². The number of fused-ring (bicyclic) bond motifs is 1. The molecule has 1 aromatic heterocycles. The molecular formula is C16H20BrNO2. The van der Waals surface area contributed by atoms with Crippen LogP contribution in [0.15, 0.2) is 28.7 Å². The lowest BCUT2D eigenvalue weighted by atomic mass is 10.2. The molecule has 1 atom stereocenters. The van der Waals surface area contributed by atoms with Crippen molar-refractivity contribution in [1.82, 2.24) is 4.57 Å². The first-order valence-electron chi connectivity index (χ1n) is 6.70. The molecule has 1 aromatic carbocycles. The van der Waals surface area contributed by atoms with Gasteiger partial charge in [-0.05, 0) is 56.6 Å². The monoisotopic (exact) mass is 337 g/mol. The van der Waals surface area contributed by atoms with Crippen molar-refractivity contribution in [2.45, 2.75) is 46.3 Å². The third-order valence-corrected chi connectivity index (χ3v) is 4.22. The first-order valence-corrected chi connectivity index (χ1v) is 7.49. The number of hydrogen-bond acceptors (Lipinski definition) is 2. The van der Waals surface area contributed by atoms with E-state index in [0.717, 1.165) is 21.1 Å². The molecule has 0 aliphatic rings. The Morgan fingerprint density at radius 1 is 1.30 bits per heavy atom. The summed E-state index contributed by atoms with van der Waals surface area (Å²) in [4.78, 5) is 12.3. The molecule has 0 radical (unpaired) electrons. The fraction of sp³-hybridized carbons (Fsp3) is 0.438. The Hall–Kier alpha value is -1.29. The molecule has 1 heterocycles. The van der Waals surface area contributed by atoms with E-state index in [0.29, 0.717) is 0 Å². The van der Waals surface area contributed by atoms with Crippen molar-refractivity contribution >= 4 is 32.8 Å². The molecule has 2 rings (SSSR count). The van der Waals surface area contributed by atoms with Crippen molar-refractivity contribution in [3.63, 3.8) is 0 Å². The highest BCUT2D eigenvalue weighted by atomic mass is 79.9. The summed E-state index contributed by atoms with van der Waals surface area (Å²) in [6.07, 6.45) is 0. The summed E-state index contributed by atoms with van der Waals surface area (Å²) in [5, 5.41) is 1.11. The SMILES string of the molecule is Cc1c(Br)c2ccccc2n1C(C)C(=O)OC(C)(C)C. The van der Waals surface area contributed by atoms with Gasteiger partial charge >= 0.3 is 5.97 Å². The van der Waals surface area contributed by atoms with Gasteiger partial charge in [-0.2, -0.15) is 0 Å². The largest absolute Gasteiger partial charge is 0.458 e. The normalized spacial score (nSPS) is 13.5. The van der Waals surface area contributed by atoms with Crippen molar-refractivity contribution in [3.8, 4) is 0 Å². The minimum atomic E-state index is -0.473. The second-order valence-corrected chi connectivity index (χ2v) is 6.79. The number of hydrogen-bond donors (Lipinski definition) is 0. The Morgan fingerprint density at radius 3 is 2.50 bits per heavy atom. The fourth-order valence-corrected chi connectivity index (χ4v) is 2.87. The maximum Gasteiger partial charge on any atom is 0.329 e. The third kappa shape index (κ3) is 2.75. The molecule has 20 heavy (non-hydrogen) atoms. The van der Waals surface area contributed by atoms with Crippen molar-refractivity contribution < 1.29 is 9.53 Å². The Kier molecular flexibility index (Phi) is 3.96. The number of ether oxygens (including phenoxy) is 1. The van der Waals surface area contributed by atoms with Crippen LogP contribution in [0, 0.1) is 6.92 Å². The predicted molar refractivity (Wildman–Crippen MR) is 84.9 cm³/mol. The van der Waals surface area contributed by atoms with E-state index in [2.05, 4.69) is 15.9 Å². The summed E-state index contributed by atoms with van der Waals surface area (Å²) >= 11 is 3.61. The molecule has 0 N–H and O–H groups in total. The highest BCUT2D eigenvalue weighted by molar-refractivity contribution is 9.10. The van der Waals surface area contributed by atoms with Gasteiger partial charge in [-0.15, -0.1) is 0 Å². The zero-order chi connectivity index (χ0) is 15.1. The molecule has 0 aliphatic heterocycles. The Morgan fingerprint density at radius 2 is 1.90 bits per heavy atom. The number of esters is 1. The van der Waals surface area contributed by atoms with Crippen LogP contribution in [0.3, 0.4) is 0 Å². The van der Waals surface area contributed by atoms with Crippen LogP contribution in [-0.2, 0) is 9.53 Å². The molecule has 4 heteroatoms. The van der Waals surface area contributed by atoms with Gasteiger partial charge in [0.15, 0.2) is 0 Å². The minimum absolute atomic E-state index is 0.214. The standard InChI is InChI=1S/C16H20BrNO2/c1-10-14(17)12-8-6-7-9-13(12)18(10)11(2)15(19)20-16(3,4)5/h6-9,11H,1-5H3. The van der Waals surface area contributed by atoms with Crippen LogP contribution >= 0.6 is 15.9 Å².